The molecule has 10 heteroatoms. The maximum Gasteiger partial charge on any atom is 0.437 e. The summed E-state index contributed by atoms with van der Waals surface area (Å²) in [5, 5.41) is 4.02. The molecule has 1 aliphatic carbocycles. The molecule has 144 valence electrons. The van der Waals surface area contributed by atoms with Crippen LogP contribution in [0.1, 0.15) is 19.3 Å². The first-order valence-corrected chi connectivity index (χ1v) is 10.5. The Kier molecular flexibility index (Phi) is 4.37. The topological polar surface area (TPSA) is 102 Å². The summed E-state index contributed by atoms with van der Waals surface area (Å²) in [6, 6.07) is 4.95. The molecule has 1 amide bonds. The van der Waals surface area contributed by atoms with Crippen molar-refractivity contribution in [2.24, 2.45) is 0 Å². The van der Waals surface area contributed by atoms with Gasteiger partial charge in [-0.25, -0.2) is 17.6 Å². The van der Waals surface area contributed by atoms with Crippen LogP contribution >= 0.6 is 0 Å². The monoisotopic (exact) mass is 395 g/mol. The lowest BCUT2D eigenvalue weighted by molar-refractivity contribution is -0.134. The van der Waals surface area contributed by atoms with Crippen LogP contribution in [0.15, 0.2) is 33.5 Å². The molecule has 1 atom stereocenters. The molecule has 1 saturated carbocycles. The summed E-state index contributed by atoms with van der Waals surface area (Å²) >= 11 is 0. The Bertz CT molecular complexity index is 1020. The normalized spacial score (nSPS) is 21.3. The minimum absolute atomic E-state index is 0.00536. The maximum absolute atomic E-state index is 13.0. The lowest BCUT2D eigenvalue weighted by Gasteiger charge is -2.28. The van der Waals surface area contributed by atoms with Gasteiger partial charge in [0.2, 0.25) is 11.8 Å². The summed E-state index contributed by atoms with van der Waals surface area (Å²) in [6.45, 7) is -0.323. The van der Waals surface area contributed by atoms with Crippen molar-refractivity contribution in [3.8, 4) is 11.5 Å². The maximum atomic E-state index is 13.0. The highest BCUT2D eigenvalue weighted by Crippen LogP contribution is 2.32. The van der Waals surface area contributed by atoms with Crippen LogP contribution in [0.4, 0.5) is 4.39 Å². The minimum Gasteiger partial charge on any atom is -0.388 e. The van der Waals surface area contributed by atoms with E-state index in [4.69, 9.17) is 4.42 Å². The number of benzene rings is 1. The number of amides is 1. The molecule has 0 spiro atoms. The van der Waals surface area contributed by atoms with E-state index in [9.17, 15) is 22.4 Å². The minimum atomic E-state index is -3.12. The molecule has 8 nitrogen and oxygen atoms in total. The van der Waals surface area contributed by atoms with Crippen molar-refractivity contribution in [1.82, 2.24) is 14.7 Å². The van der Waals surface area contributed by atoms with Crippen molar-refractivity contribution in [3.05, 3.63) is 40.6 Å². The Hall–Kier alpha value is -2.49. The van der Waals surface area contributed by atoms with Crippen molar-refractivity contribution in [3.63, 3.8) is 0 Å². The van der Waals surface area contributed by atoms with Gasteiger partial charge in [0.15, 0.2) is 9.84 Å². The second-order valence-electron chi connectivity index (χ2n) is 6.93. The number of sulfone groups is 1. The largest absolute Gasteiger partial charge is 0.437 e. The molecule has 1 aliphatic heterocycles. The van der Waals surface area contributed by atoms with Gasteiger partial charge in [0.25, 0.3) is 0 Å². The van der Waals surface area contributed by atoms with E-state index < -0.39 is 21.4 Å². The standard InChI is InChI=1S/C17H18FN3O5S/c18-12-3-1-11(2-4-12)16-19-20(17(23)26-16)9-15(22)21(13-5-6-13)14-7-8-27(24,25)10-14/h1-4,13-14H,5-10H2/t14-/m1/s1. The number of carbonyl (C=O) groups is 1. The molecular formula is C17H18FN3O5S. The number of carbonyl (C=O) groups excluding carboxylic acids is 1. The Labute approximate surface area is 154 Å². The van der Waals surface area contributed by atoms with Gasteiger partial charge < -0.3 is 9.32 Å². The van der Waals surface area contributed by atoms with Crippen LogP contribution in [-0.2, 0) is 21.2 Å². The highest BCUT2D eigenvalue weighted by Gasteiger charge is 2.42. The average Bonchev–Trinajstić information content (AvgIpc) is 3.28. The van der Waals surface area contributed by atoms with Gasteiger partial charge in [-0.3, -0.25) is 4.79 Å². The van der Waals surface area contributed by atoms with Gasteiger partial charge in [0.05, 0.1) is 11.5 Å². The van der Waals surface area contributed by atoms with E-state index in [2.05, 4.69) is 5.10 Å². The van der Waals surface area contributed by atoms with Crippen molar-refractivity contribution in [1.29, 1.82) is 0 Å². The van der Waals surface area contributed by atoms with Gasteiger partial charge >= 0.3 is 5.76 Å². The van der Waals surface area contributed by atoms with Crippen molar-refractivity contribution in [2.75, 3.05) is 11.5 Å². The van der Waals surface area contributed by atoms with Gasteiger partial charge in [-0.05, 0) is 43.5 Å². The highest BCUT2D eigenvalue weighted by molar-refractivity contribution is 7.91. The number of hydrogen-bond donors (Lipinski definition) is 0. The SMILES string of the molecule is O=C(Cn1nc(-c2ccc(F)cc2)oc1=O)N(C1CC1)[C@@H]1CCS(=O)(=O)C1. The summed E-state index contributed by atoms with van der Waals surface area (Å²) in [6.07, 6.45) is 2.08. The predicted octanol–water partition coefficient (Wildman–Crippen LogP) is 0.821. The number of rotatable bonds is 5. The summed E-state index contributed by atoms with van der Waals surface area (Å²) in [5.74, 6) is -1.54. The Morgan fingerprint density at radius 2 is 1.93 bits per heavy atom. The third-order valence-electron chi connectivity index (χ3n) is 4.81. The second kappa shape index (κ2) is 6.59. The van der Waals surface area contributed by atoms with E-state index in [1.165, 1.54) is 24.3 Å². The van der Waals surface area contributed by atoms with Crippen LogP contribution in [-0.4, -0.2) is 52.6 Å². The molecule has 4 rings (SSSR count). The number of aromatic nitrogens is 2. The van der Waals surface area contributed by atoms with Gasteiger partial charge in [-0.1, -0.05) is 0 Å². The number of hydrogen-bond acceptors (Lipinski definition) is 6. The third-order valence-corrected chi connectivity index (χ3v) is 6.56. The van der Waals surface area contributed by atoms with Crippen LogP contribution < -0.4 is 5.76 Å². The van der Waals surface area contributed by atoms with E-state index in [-0.39, 0.29) is 41.9 Å². The van der Waals surface area contributed by atoms with Crippen LogP contribution in [0.3, 0.4) is 0 Å². The van der Waals surface area contributed by atoms with Crippen LogP contribution in [0.5, 0.6) is 0 Å². The van der Waals surface area contributed by atoms with Crippen LogP contribution in [0.25, 0.3) is 11.5 Å². The summed E-state index contributed by atoms with van der Waals surface area (Å²) in [7, 11) is -3.12. The summed E-state index contributed by atoms with van der Waals surface area (Å²) < 4.78 is 42.5. The highest BCUT2D eigenvalue weighted by atomic mass is 32.2. The number of nitrogens with zero attached hydrogens (tertiary/aromatic N) is 3. The van der Waals surface area contributed by atoms with Gasteiger partial charge in [-0.15, -0.1) is 5.10 Å². The zero-order chi connectivity index (χ0) is 19.2. The van der Waals surface area contributed by atoms with E-state index in [1.54, 1.807) is 4.90 Å². The molecule has 0 bridgehead atoms. The second-order valence-corrected chi connectivity index (χ2v) is 9.16. The van der Waals surface area contributed by atoms with Gasteiger partial charge in [-0.2, -0.15) is 4.68 Å². The number of halogens is 1. The molecule has 1 aromatic heterocycles. The molecule has 0 radical (unpaired) electrons. The first kappa shape index (κ1) is 17.9. The smallest absolute Gasteiger partial charge is 0.388 e. The third kappa shape index (κ3) is 3.80. The summed E-state index contributed by atoms with van der Waals surface area (Å²) in [5.41, 5.74) is 0.417. The molecule has 1 saturated heterocycles. The van der Waals surface area contributed by atoms with Crippen LogP contribution in [0, 0.1) is 5.82 Å². The van der Waals surface area contributed by atoms with Crippen molar-refractivity contribution < 1.29 is 22.0 Å². The van der Waals surface area contributed by atoms with E-state index in [0.717, 1.165) is 17.5 Å². The average molecular weight is 395 g/mol. The van der Waals surface area contributed by atoms with Gasteiger partial charge in [0.1, 0.15) is 12.4 Å². The van der Waals surface area contributed by atoms with E-state index >= 15 is 0 Å². The lowest BCUT2D eigenvalue weighted by Crippen LogP contribution is -2.45. The molecule has 2 fully saturated rings. The lowest BCUT2D eigenvalue weighted by atomic mass is 10.2. The first-order valence-electron chi connectivity index (χ1n) is 8.68. The zero-order valence-corrected chi connectivity index (χ0v) is 15.2. The van der Waals surface area contributed by atoms with Crippen LogP contribution in [0.2, 0.25) is 0 Å². The molecule has 2 aliphatic rings. The molecular weight excluding hydrogens is 377 g/mol. The fourth-order valence-electron chi connectivity index (χ4n) is 3.38. The van der Waals surface area contributed by atoms with Gasteiger partial charge in [0, 0.05) is 17.6 Å². The van der Waals surface area contributed by atoms with E-state index in [0.29, 0.717) is 12.0 Å². The first-order chi connectivity index (χ1) is 12.8. The fourth-order valence-corrected chi connectivity index (χ4v) is 5.09. The molecule has 0 N–H and O–H groups in total. The Morgan fingerprint density at radius 3 is 2.52 bits per heavy atom. The predicted molar refractivity (Wildman–Crippen MR) is 93.1 cm³/mol. The van der Waals surface area contributed by atoms with E-state index in [1.807, 2.05) is 0 Å². The molecule has 1 aromatic carbocycles. The van der Waals surface area contributed by atoms with Crippen molar-refractivity contribution >= 4 is 15.7 Å². The van der Waals surface area contributed by atoms with Crippen molar-refractivity contribution in [2.45, 2.75) is 37.9 Å². The molecule has 0 unspecified atom stereocenters. The summed E-state index contributed by atoms with van der Waals surface area (Å²) in [4.78, 5) is 26.4. The molecule has 2 aromatic rings. The molecule has 27 heavy (non-hydrogen) atoms. The Balaban J connectivity index is 1.53. The quantitative estimate of drug-likeness (QED) is 0.743. The fraction of sp³-hybridized carbons (Fsp3) is 0.471. The Morgan fingerprint density at radius 1 is 1.22 bits per heavy atom. The zero-order valence-electron chi connectivity index (χ0n) is 14.4. The molecule has 2 heterocycles.